The molecule has 0 fully saturated rings. The van der Waals surface area contributed by atoms with Crippen molar-refractivity contribution in [2.45, 2.75) is 38.9 Å². The van der Waals surface area contributed by atoms with Gasteiger partial charge in [-0.1, -0.05) is 23.9 Å². The fourth-order valence-corrected chi connectivity index (χ4v) is 4.16. The minimum absolute atomic E-state index is 0.0999. The molecule has 29 heavy (non-hydrogen) atoms. The van der Waals surface area contributed by atoms with Crippen LogP contribution in [-0.4, -0.2) is 46.3 Å². The summed E-state index contributed by atoms with van der Waals surface area (Å²) in [7, 11) is 1.71. The van der Waals surface area contributed by atoms with Crippen LogP contribution in [0.25, 0.3) is 10.9 Å². The Balaban J connectivity index is 1.75. The molecule has 2 aromatic heterocycles. The summed E-state index contributed by atoms with van der Waals surface area (Å²) >= 11 is 1.38. The van der Waals surface area contributed by atoms with Gasteiger partial charge >= 0.3 is 0 Å². The van der Waals surface area contributed by atoms with Crippen LogP contribution in [0.4, 0.5) is 5.82 Å². The van der Waals surface area contributed by atoms with Crippen molar-refractivity contribution in [1.29, 1.82) is 0 Å². The second kappa shape index (κ2) is 9.89. The molecule has 0 atom stereocenters. The number of para-hydroxylation sites is 1. The Bertz CT molecular complexity index is 1000. The third kappa shape index (κ3) is 4.97. The maximum atomic E-state index is 12.9. The van der Waals surface area contributed by atoms with E-state index in [0.717, 1.165) is 53.2 Å². The molecule has 0 bridgehead atoms. The highest BCUT2D eigenvalue weighted by atomic mass is 32.2. The van der Waals surface area contributed by atoms with Gasteiger partial charge in [0, 0.05) is 49.1 Å². The Morgan fingerprint density at radius 3 is 2.79 bits per heavy atom. The fourth-order valence-electron chi connectivity index (χ4n) is 3.42. The highest BCUT2D eigenvalue weighted by Crippen LogP contribution is 2.25. The summed E-state index contributed by atoms with van der Waals surface area (Å²) in [5.41, 5.74) is 3.77. The Labute approximate surface area is 176 Å². The topological polar surface area (TPSA) is 69.0 Å². The van der Waals surface area contributed by atoms with Crippen molar-refractivity contribution >= 4 is 34.3 Å². The lowest BCUT2D eigenvalue weighted by molar-refractivity contribution is 0.102. The van der Waals surface area contributed by atoms with Crippen molar-refractivity contribution in [3.8, 4) is 0 Å². The molecule has 0 aliphatic carbocycles. The number of hydrogen-bond donors (Lipinski definition) is 1. The Hall–Kier alpha value is -2.38. The van der Waals surface area contributed by atoms with E-state index in [1.54, 1.807) is 7.11 Å². The monoisotopic (exact) mass is 412 g/mol. The van der Waals surface area contributed by atoms with E-state index in [1.807, 2.05) is 51.1 Å². The average Bonchev–Trinajstić information content (AvgIpc) is 3.01. The van der Waals surface area contributed by atoms with Crippen LogP contribution in [-0.2, 0) is 11.3 Å². The molecule has 0 spiro atoms. The first-order chi connectivity index (χ1) is 14.0. The third-order valence-corrected chi connectivity index (χ3v) is 5.71. The first-order valence-electron chi connectivity index (χ1n) is 9.87. The number of nitrogens with zero attached hydrogens (tertiary/aromatic N) is 3. The number of carbonyl (C=O) groups is 1. The quantitative estimate of drug-likeness (QED) is 0.229. The highest BCUT2D eigenvalue weighted by Gasteiger charge is 2.17. The van der Waals surface area contributed by atoms with E-state index in [9.17, 15) is 4.79 Å². The van der Waals surface area contributed by atoms with Gasteiger partial charge in [-0.05, 0) is 45.4 Å². The number of ketones is 1. The Morgan fingerprint density at radius 1 is 1.24 bits per heavy atom. The van der Waals surface area contributed by atoms with Gasteiger partial charge in [-0.25, -0.2) is 9.97 Å². The first-order valence-corrected chi connectivity index (χ1v) is 10.9. The van der Waals surface area contributed by atoms with Crippen LogP contribution in [0.3, 0.4) is 0 Å². The van der Waals surface area contributed by atoms with E-state index < -0.39 is 0 Å². The maximum Gasteiger partial charge on any atom is 0.190 e. The molecule has 0 saturated carbocycles. The van der Waals surface area contributed by atoms with Gasteiger partial charge in [0.2, 0.25) is 0 Å². The number of hydrogen-bond acceptors (Lipinski definition) is 6. The van der Waals surface area contributed by atoms with Crippen LogP contribution in [0.2, 0.25) is 0 Å². The van der Waals surface area contributed by atoms with Crippen molar-refractivity contribution in [3.05, 3.63) is 47.3 Å². The summed E-state index contributed by atoms with van der Waals surface area (Å²) in [5, 5.41) is 4.89. The van der Waals surface area contributed by atoms with E-state index in [0.29, 0.717) is 17.5 Å². The minimum atomic E-state index is 0.0999. The normalized spacial score (nSPS) is 11.2. The number of rotatable bonds is 10. The van der Waals surface area contributed by atoms with Crippen LogP contribution in [0, 0.1) is 13.8 Å². The summed E-state index contributed by atoms with van der Waals surface area (Å²) in [5.74, 6) is 1.22. The second-order valence-electron chi connectivity index (χ2n) is 6.90. The number of thioether (sulfide) groups is 1. The van der Waals surface area contributed by atoms with E-state index >= 15 is 0 Å². The van der Waals surface area contributed by atoms with Crippen molar-refractivity contribution in [2.75, 3.05) is 31.3 Å². The number of anilines is 1. The van der Waals surface area contributed by atoms with Crippen molar-refractivity contribution in [2.24, 2.45) is 0 Å². The summed E-state index contributed by atoms with van der Waals surface area (Å²) in [6.45, 7) is 8.43. The van der Waals surface area contributed by atoms with Gasteiger partial charge in [0.05, 0.1) is 11.3 Å². The van der Waals surface area contributed by atoms with Crippen molar-refractivity contribution in [1.82, 2.24) is 14.5 Å². The largest absolute Gasteiger partial charge is 0.385 e. The predicted octanol–water partition coefficient (Wildman–Crippen LogP) is 4.49. The number of aromatic nitrogens is 3. The number of fused-ring (bicyclic) bond motifs is 1. The summed E-state index contributed by atoms with van der Waals surface area (Å²) in [6.07, 6.45) is 0.924. The molecule has 154 valence electrons. The zero-order valence-electron chi connectivity index (χ0n) is 17.5. The van der Waals surface area contributed by atoms with Gasteiger partial charge in [-0.3, -0.25) is 4.79 Å². The van der Waals surface area contributed by atoms with Crippen LogP contribution in [0.5, 0.6) is 0 Å². The van der Waals surface area contributed by atoms with Crippen molar-refractivity contribution < 1.29 is 9.53 Å². The SMILES string of the molecule is CCNc1nc(SCC(=O)c2cc(C)n(CCCOC)c2C)nc2ccccc12. The average molecular weight is 413 g/mol. The molecule has 0 unspecified atom stereocenters. The lowest BCUT2D eigenvalue weighted by Crippen LogP contribution is -2.08. The lowest BCUT2D eigenvalue weighted by atomic mass is 10.2. The molecule has 2 heterocycles. The number of nitrogens with one attached hydrogen (secondary N) is 1. The van der Waals surface area contributed by atoms with Crippen LogP contribution >= 0.6 is 11.8 Å². The summed E-state index contributed by atoms with van der Waals surface area (Å²) in [4.78, 5) is 22.1. The Morgan fingerprint density at radius 2 is 2.03 bits per heavy atom. The molecule has 3 rings (SSSR count). The summed E-state index contributed by atoms with van der Waals surface area (Å²) < 4.78 is 7.33. The minimum Gasteiger partial charge on any atom is -0.385 e. The standard InChI is InChI=1S/C22H28N4O2S/c1-5-23-21-17-9-6-7-10-19(17)24-22(25-21)29-14-20(27)18-13-15(2)26(16(18)3)11-8-12-28-4/h6-7,9-10,13H,5,8,11-12,14H2,1-4H3,(H,23,24,25). The first kappa shape index (κ1) is 21.3. The molecule has 6 nitrogen and oxygen atoms in total. The van der Waals surface area contributed by atoms with E-state index in [2.05, 4.69) is 19.9 Å². The van der Waals surface area contributed by atoms with Gasteiger partial charge in [-0.2, -0.15) is 0 Å². The number of methoxy groups -OCH3 is 1. The maximum absolute atomic E-state index is 12.9. The van der Waals surface area contributed by atoms with Crippen LogP contribution < -0.4 is 5.32 Å². The van der Waals surface area contributed by atoms with Gasteiger partial charge in [0.1, 0.15) is 5.82 Å². The second-order valence-corrected chi connectivity index (χ2v) is 7.84. The molecule has 0 aliphatic rings. The fraction of sp³-hybridized carbons (Fsp3) is 0.409. The number of carbonyl (C=O) groups excluding carboxylic acids is 1. The van der Waals surface area contributed by atoms with Gasteiger partial charge in [-0.15, -0.1) is 0 Å². The molecule has 1 aromatic carbocycles. The Kier molecular flexibility index (Phi) is 7.28. The molecule has 0 saturated heterocycles. The highest BCUT2D eigenvalue weighted by molar-refractivity contribution is 7.99. The number of benzene rings is 1. The molecule has 0 radical (unpaired) electrons. The molecule has 1 N–H and O–H groups in total. The van der Waals surface area contributed by atoms with E-state index in [4.69, 9.17) is 4.74 Å². The number of aryl methyl sites for hydroxylation is 1. The smallest absolute Gasteiger partial charge is 0.190 e. The molecule has 0 amide bonds. The van der Waals surface area contributed by atoms with Gasteiger partial charge in [0.25, 0.3) is 0 Å². The van der Waals surface area contributed by atoms with Crippen LogP contribution in [0.15, 0.2) is 35.5 Å². The molecule has 3 aromatic rings. The molecule has 0 aliphatic heterocycles. The van der Waals surface area contributed by atoms with Crippen LogP contribution in [0.1, 0.15) is 35.1 Å². The zero-order chi connectivity index (χ0) is 20.8. The van der Waals surface area contributed by atoms with Gasteiger partial charge in [0.15, 0.2) is 10.9 Å². The van der Waals surface area contributed by atoms with E-state index in [-0.39, 0.29) is 5.78 Å². The molecule has 7 heteroatoms. The van der Waals surface area contributed by atoms with Crippen molar-refractivity contribution in [3.63, 3.8) is 0 Å². The zero-order valence-corrected chi connectivity index (χ0v) is 18.3. The molecular weight excluding hydrogens is 384 g/mol. The summed E-state index contributed by atoms with van der Waals surface area (Å²) in [6, 6.07) is 9.90. The van der Waals surface area contributed by atoms with Gasteiger partial charge < -0.3 is 14.6 Å². The number of ether oxygens (including phenoxy) is 1. The lowest BCUT2D eigenvalue weighted by Gasteiger charge is -2.10. The molecular formula is C22H28N4O2S. The predicted molar refractivity (Wildman–Crippen MR) is 119 cm³/mol. The third-order valence-electron chi connectivity index (χ3n) is 4.86. The van der Waals surface area contributed by atoms with E-state index in [1.165, 1.54) is 11.8 Å². The number of Topliss-reactive ketones (excluding diaryl/α,β-unsaturated/α-hetero) is 1.